The molecule has 106 valence electrons. The minimum Gasteiger partial charge on any atom is -0.338 e. The van der Waals surface area contributed by atoms with Gasteiger partial charge in [0.25, 0.3) is 0 Å². The Morgan fingerprint density at radius 3 is 2.90 bits per heavy atom. The van der Waals surface area contributed by atoms with Crippen molar-refractivity contribution in [3.05, 3.63) is 35.7 Å². The summed E-state index contributed by atoms with van der Waals surface area (Å²) in [4.78, 5) is 6.85. The monoisotopic (exact) mass is 272 g/mol. The molecule has 1 saturated heterocycles. The zero-order valence-electron chi connectivity index (χ0n) is 11.8. The summed E-state index contributed by atoms with van der Waals surface area (Å²) >= 11 is 0. The van der Waals surface area contributed by atoms with E-state index in [-0.39, 0.29) is 0 Å². The van der Waals surface area contributed by atoms with Crippen molar-refractivity contribution in [2.45, 2.75) is 19.9 Å². The maximum absolute atomic E-state index is 5.37. The van der Waals surface area contributed by atoms with Crippen LogP contribution in [0.4, 0.5) is 0 Å². The zero-order chi connectivity index (χ0) is 13.8. The number of nitrogens with zero attached hydrogens (tertiary/aromatic N) is 3. The molecule has 0 aliphatic carbocycles. The van der Waals surface area contributed by atoms with Gasteiger partial charge in [-0.05, 0) is 26.4 Å². The van der Waals surface area contributed by atoms with Crippen LogP contribution in [0.3, 0.4) is 0 Å². The number of hydrogen-bond donors (Lipinski definition) is 1. The lowest BCUT2D eigenvalue weighted by Gasteiger charge is -2.16. The van der Waals surface area contributed by atoms with Crippen LogP contribution in [0.15, 0.2) is 28.8 Å². The topological polar surface area (TPSA) is 54.2 Å². The standard InChI is InChI=1S/C15H20N4O/c1-12-3-5-13(6-4-12)15-17-14(20-18-15)11-19-9-2-7-16-8-10-19/h3-6,16H,2,7-11H2,1H3. The van der Waals surface area contributed by atoms with Crippen LogP contribution >= 0.6 is 0 Å². The second kappa shape index (κ2) is 6.15. The van der Waals surface area contributed by atoms with Crippen LogP contribution in [-0.2, 0) is 6.54 Å². The van der Waals surface area contributed by atoms with Gasteiger partial charge >= 0.3 is 0 Å². The number of aryl methyl sites for hydroxylation is 1. The Morgan fingerprint density at radius 2 is 2.05 bits per heavy atom. The molecule has 0 spiro atoms. The normalized spacial score (nSPS) is 17.1. The Hall–Kier alpha value is -1.72. The smallest absolute Gasteiger partial charge is 0.241 e. The van der Waals surface area contributed by atoms with Crippen molar-refractivity contribution in [3.8, 4) is 11.4 Å². The number of rotatable bonds is 3. The molecule has 1 aliphatic rings. The summed E-state index contributed by atoms with van der Waals surface area (Å²) < 4.78 is 5.37. The molecule has 2 aromatic rings. The van der Waals surface area contributed by atoms with Crippen LogP contribution in [0.1, 0.15) is 17.9 Å². The van der Waals surface area contributed by atoms with Gasteiger partial charge in [-0.25, -0.2) is 0 Å². The van der Waals surface area contributed by atoms with E-state index in [0.29, 0.717) is 11.7 Å². The van der Waals surface area contributed by atoms with Crippen molar-refractivity contribution in [3.63, 3.8) is 0 Å². The van der Waals surface area contributed by atoms with Gasteiger partial charge in [0.1, 0.15) is 0 Å². The van der Waals surface area contributed by atoms with Crippen LogP contribution < -0.4 is 5.32 Å². The summed E-state index contributed by atoms with van der Waals surface area (Å²) in [5.41, 5.74) is 2.23. The lowest BCUT2D eigenvalue weighted by atomic mass is 10.1. The molecule has 20 heavy (non-hydrogen) atoms. The maximum atomic E-state index is 5.37. The Balaban J connectivity index is 1.68. The zero-order valence-corrected chi connectivity index (χ0v) is 11.8. The van der Waals surface area contributed by atoms with E-state index < -0.39 is 0 Å². The second-order valence-electron chi connectivity index (χ2n) is 5.26. The molecule has 0 amide bonds. The fourth-order valence-electron chi connectivity index (χ4n) is 2.39. The van der Waals surface area contributed by atoms with Crippen molar-refractivity contribution >= 4 is 0 Å². The Kier molecular flexibility index (Phi) is 4.08. The van der Waals surface area contributed by atoms with E-state index in [1.807, 2.05) is 12.1 Å². The minimum atomic E-state index is 0.674. The van der Waals surface area contributed by atoms with E-state index in [4.69, 9.17) is 4.52 Å². The predicted molar refractivity (Wildman–Crippen MR) is 77.2 cm³/mol. The molecule has 0 unspecified atom stereocenters. The number of aromatic nitrogens is 2. The van der Waals surface area contributed by atoms with E-state index in [9.17, 15) is 0 Å². The molecule has 0 radical (unpaired) electrons. The van der Waals surface area contributed by atoms with Gasteiger partial charge < -0.3 is 9.84 Å². The van der Waals surface area contributed by atoms with E-state index in [0.717, 1.165) is 38.3 Å². The van der Waals surface area contributed by atoms with Crippen LogP contribution in [0.2, 0.25) is 0 Å². The summed E-state index contributed by atoms with van der Waals surface area (Å²) in [5, 5.41) is 7.47. The van der Waals surface area contributed by atoms with Crippen molar-refractivity contribution in [1.29, 1.82) is 0 Å². The number of nitrogens with one attached hydrogen (secondary N) is 1. The first-order chi connectivity index (χ1) is 9.81. The van der Waals surface area contributed by atoms with E-state index >= 15 is 0 Å². The fraction of sp³-hybridized carbons (Fsp3) is 0.467. The molecule has 0 bridgehead atoms. The van der Waals surface area contributed by atoms with Crippen molar-refractivity contribution in [2.75, 3.05) is 26.2 Å². The van der Waals surface area contributed by atoms with Gasteiger partial charge in [-0.2, -0.15) is 4.98 Å². The SMILES string of the molecule is Cc1ccc(-c2noc(CN3CCCNCC3)n2)cc1. The Morgan fingerprint density at radius 1 is 1.20 bits per heavy atom. The highest BCUT2D eigenvalue weighted by Crippen LogP contribution is 2.17. The third-order valence-corrected chi connectivity index (χ3v) is 3.57. The van der Waals surface area contributed by atoms with Gasteiger partial charge in [0.05, 0.1) is 6.54 Å². The van der Waals surface area contributed by atoms with Gasteiger partial charge in [-0.15, -0.1) is 0 Å². The summed E-state index contributed by atoms with van der Waals surface area (Å²) in [5.74, 6) is 1.37. The van der Waals surface area contributed by atoms with Gasteiger partial charge in [-0.3, -0.25) is 4.90 Å². The third kappa shape index (κ3) is 3.23. The van der Waals surface area contributed by atoms with Crippen molar-refractivity contribution < 1.29 is 4.52 Å². The minimum absolute atomic E-state index is 0.674. The van der Waals surface area contributed by atoms with Gasteiger partial charge in [0.2, 0.25) is 11.7 Å². The van der Waals surface area contributed by atoms with Crippen molar-refractivity contribution in [2.24, 2.45) is 0 Å². The van der Waals surface area contributed by atoms with Crippen molar-refractivity contribution in [1.82, 2.24) is 20.4 Å². The van der Waals surface area contributed by atoms with E-state index in [1.165, 1.54) is 12.0 Å². The maximum Gasteiger partial charge on any atom is 0.241 e. The van der Waals surface area contributed by atoms with Crippen LogP contribution in [-0.4, -0.2) is 41.2 Å². The molecule has 1 aromatic heterocycles. The molecule has 2 heterocycles. The summed E-state index contributed by atoms with van der Waals surface area (Å²) in [6.07, 6.45) is 1.17. The Labute approximate surface area is 119 Å². The number of benzene rings is 1. The molecule has 1 N–H and O–H groups in total. The first-order valence-electron chi connectivity index (χ1n) is 7.14. The lowest BCUT2D eigenvalue weighted by molar-refractivity contribution is 0.239. The highest BCUT2D eigenvalue weighted by molar-refractivity contribution is 5.54. The van der Waals surface area contributed by atoms with Gasteiger partial charge in [0, 0.05) is 18.7 Å². The average Bonchev–Trinajstić information content (AvgIpc) is 2.76. The van der Waals surface area contributed by atoms with E-state index in [2.05, 4.69) is 39.4 Å². The molecule has 5 heteroatoms. The molecule has 0 atom stereocenters. The summed E-state index contributed by atoms with van der Waals surface area (Å²) in [6, 6.07) is 8.18. The Bertz CT molecular complexity index is 541. The van der Waals surface area contributed by atoms with Crippen LogP contribution in [0, 0.1) is 6.92 Å². The second-order valence-corrected chi connectivity index (χ2v) is 5.26. The third-order valence-electron chi connectivity index (χ3n) is 3.57. The largest absolute Gasteiger partial charge is 0.338 e. The molecule has 1 fully saturated rings. The summed E-state index contributed by atoms with van der Waals surface area (Å²) in [6.45, 7) is 7.03. The molecule has 0 saturated carbocycles. The lowest BCUT2D eigenvalue weighted by Crippen LogP contribution is -2.27. The fourth-order valence-corrected chi connectivity index (χ4v) is 2.39. The number of hydrogen-bond acceptors (Lipinski definition) is 5. The highest BCUT2D eigenvalue weighted by atomic mass is 16.5. The van der Waals surface area contributed by atoms with Gasteiger partial charge in [0.15, 0.2) is 0 Å². The molecular formula is C15H20N4O. The predicted octanol–water partition coefficient (Wildman–Crippen LogP) is 1.84. The molecule has 1 aromatic carbocycles. The van der Waals surface area contributed by atoms with Crippen LogP contribution in [0.25, 0.3) is 11.4 Å². The molecule has 5 nitrogen and oxygen atoms in total. The molecular weight excluding hydrogens is 252 g/mol. The first-order valence-corrected chi connectivity index (χ1v) is 7.14. The van der Waals surface area contributed by atoms with Crippen LogP contribution in [0.5, 0.6) is 0 Å². The highest BCUT2D eigenvalue weighted by Gasteiger charge is 2.14. The molecule has 1 aliphatic heterocycles. The average molecular weight is 272 g/mol. The summed E-state index contributed by atoms with van der Waals surface area (Å²) in [7, 11) is 0. The van der Waals surface area contributed by atoms with E-state index in [1.54, 1.807) is 0 Å². The first kappa shape index (κ1) is 13.3. The molecule has 3 rings (SSSR count). The van der Waals surface area contributed by atoms with Gasteiger partial charge in [-0.1, -0.05) is 35.0 Å². The quantitative estimate of drug-likeness (QED) is 0.924.